The van der Waals surface area contributed by atoms with Crippen LogP contribution in [-0.4, -0.2) is 25.5 Å². The summed E-state index contributed by atoms with van der Waals surface area (Å²) in [5, 5.41) is 0. The van der Waals surface area contributed by atoms with Gasteiger partial charge in [-0.15, -0.1) is 0 Å². The van der Waals surface area contributed by atoms with Crippen LogP contribution in [0, 0.1) is 11.3 Å². The van der Waals surface area contributed by atoms with Gasteiger partial charge in [0.15, 0.2) is 0 Å². The van der Waals surface area contributed by atoms with Crippen molar-refractivity contribution in [2.45, 2.75) is 59.8 Å². The van der Waals surface area contributed by atoms with Crippen LogP contribution in [0.15, 0.2) is 12.2 Å². The third-order valence-electron chi connectivity index (χ3n) is 3.79. The normalized spacial score (nSPS) is 17.6. The fourth-order valence-corrected chi connectivity index (χ4v) is 2.33. The van der Waals surface area contributed by atoms with E-state index in [4.69, 9.17) is 0 Å². The van der Waals surface area contributed by atoms with Gasteiger partial charge in [0.25, 0.3) is 0 Å². The number of allylic oxidation sites excluding steroid dienone is 2. The molecule has 1 heteroatoms. The van der Waals surface area contributed by atoms with Crippen molar-refractivity contribution in [3.8, 4) is 0 Å². The van der Waals surface area contributed by atoms with Gasteiger partial charge in [-0.3, -0.25) is 0 Å². The molecule has 17 heavy (non-hydrogen) atoms. The zero-order valence-corrected chi connectivity index (χ0v) is 12.9. The van der Waals surface area contributed by atoms with Gasteiger partial charge in [0.2, 0.25) is 0 Å². The Bertz CT molecular complexity index is 208. The molecule has 0 spiro atoms. The summed E-state index contributed by atoms with van der Waals surface area (Å²) in [7, 11) is 4.35. The molecule has 0 bridgehead atoms. The Morgan fingerprint density at radius 2 is 1.82 bits per heavy atom. The molecule has 0 amide bonds. The molecular weight excluding hydrogens is 206 g/mol. The maximum absolute atomic E-state index is 2.49. The van der Waals surface area contributed by atoms with Crippen LogP contribution in [0.5, 0.6) is 0 Å². The standard InChI is InChI=1S/C16H33N/c1-7-9-11-13-16(4,12-10-8-2)15(3)14-17(5)6/h11,13,15H,7-10,12,14H2,1-6H3. The van der Waals surface area contributed by atoms with Crippen LogP contribution in [0.4, 0.5) is 0 Å². The monoisotopic (exact) mass is 239 g/mol. The lowest BCUT2D eigenvalue weighted by Crippen LogP contribution is -2.32. The van der Waals surface area contributed by atoms with Crippen LogP contribution < -0.4 is 0 Å². The van der Waals surface area contributed by atoms with Crippen LogP contribution in [-0.2, 0) is 0 Å². The zero-order chi connectivity index (χ0) is 13.3. The first-order valence-electron chi connectivity index (χ1n) is 7.28. The molecule has 0 aromatic heterocycles. The van der Waals surface area contributed by atoms with Crippen LogP contribution in [0.2, 0.25) is 0 Å². The Morgan fingerprint density at radius 1 is 1.18 bits per heavy atom. The van der Waals surface area contributed by atoms with Crippen LogP contribution in [0.25, 0.3) is 0 Å². The van der Waals surface area contributed by atoms with Crippen molar-refractivity contribution in [2.24, 2.45) is 11.3 Å². The summed E-state index contributed by atoms with van der Waals surface area (Å²) in [6.07, 6.45) is 11.3. The van der Waals surface area contributed by atoms with Gasteiger partial charge in [-0.2, -0.15) is 0 Å². The number of nitrogens with zero attached hydrogens (tertiary/aromatic N) is 1. The fourth-order valence-electron chi connectivity index (χ4n) is 2.33. The van der Waals surface area contributed by atoms with Gasteiger partial charge in [0, 0.05) is 6.54 Å². The first-order valence-corrected chi connectivity index (χ1v) is 7.28. The minimum Gasteiger partial charge on any atom is -0.309 e. The lowest BCUT2D eigenvalue weighted by Gasteiger charge is -2.35. The Labute approximate surface area is 109 Å². The largest absolute Gasteiger partial charge is 0.309 e. The van der Waals surface area contributed by atoms with E-state index in [0.717, 1.165) is 5.92 Å². The summed E-state index contributed by atoms with van der Waals surface area (Å²) >= 11 is 0. The number of unbranched alkanes of at least 4 members (excludes halogenated alkanes) is 2. The third-order valence-corrected chi connectivity index (χ3v) is 3.79. The highest BCUT2D eigenvalue weighted by molar-refractivity contribution is 5.00. The topological polar surface area (TPSA) is 3.24 Å². The van der Waals surface area contributed by atoms with Crippen LogP contribution in [0.3, 0.4) is 0 Å². The third kappa shape index (κ3) is 6.88. The van der Waals surface area contributed by atoms with Gasteiger partial charge < -0.3 is 4.90 Å². The van der Waals surface area contributed by atoms with E-state index in [1.165, 1.54) is 38.6 Å². The summed E-state index contributed by atoms with van der Waals surface area (Å²) in [5.41, 5.74) is 0.370. The van der Waals surface area contributed by atoms with E-state index in [9.17, 15) is 0 Å². The molecule has 102 valence electrons. The Balaban J connectivity index is 4.57. The van der Waals surface area contributed by atoms with Crippen molar-refractivity contribution in [2.75, 3.05) is 20.6 Å². The number of hydrogen-bond acceptors (Lipinski definition) is 1. The Kier molecular flexibility index (Phi) is 8.59. The van der Waals surface area contributed by atoms with Gasteiger partial charge in [-0.05, 0) is 38.3 Å². The molecular formula is C16H33N. The van der Waals surface area contributed by atoms with Crippen molar-refractivity contribution in [1.29, 1.82) is 0 Å². The van der Waals surface area contributed by atoms with E-state index in [1.54, 1.807) is 0 Å². The molecule has 0 saturated carbocycles. The summed E-state index contributed by atoms with van der Waals surface area (Å²) in [4.78, 5) is 2.31. The van der Waals surface area contributed by atoms with E-state index in [-0.39, 0.29) is 0 Å². The van der Waals surface area contributed by atoms with Crippen molar-refractivity contribution in [3.05, 3.63) is 12.2 Å². The van der Waals surface area contributed by atoms with Crippen molar-refractivity contribution in [1.82, 2.24) is 4.90 Å². The van der Waals surface area contributed by atoms with E-state index in [0.29, 0.717) is 5.41 Å². The lowest BCUT2D eigenvalue weighted by atomic mass is 9.73. The van der Waals surface area contributed by atoms with Crippen LogP contribution >= 0.6 is 0 Å². The van der Waals surface area contributed by atoms with Crippen molar-refractivity contribution >= 4 is 0 Å². The molecule has 0 aromatic carbocycles. The second-order valence-corrected chi connectivity index (χ2v) is 5.96. The molecule has 0 fully saturated rings. The molecule has 0 aliphatic heterocycles. The Morgan fingerprint density at radius 3 is 2.29 bits per heavy atom. The predicted molar refractivity (Wildman–Crippen MR) is 79.4 cm³/mol. The van der Waals surface area contributed by atoms with E-state index < -0.39 is 0 Å². The fraction of sp³-hybridized carbons (Fsp3) is 0.875. The molecule has 1 nitrogen and oxygen atoms in total. The smallest absolute Gasteiger partial charge is 0.000911 e. The molecule has 2 unspecified atom stereocenters. The molecule has 0 radical (unpaired) electrons. The SMILES string of the molecule is CCCC=CC(C)(CCCC)C(C)CN(C)C. The summed E-state index contributed by atoms with van der Waals surface area (Å²) < 4.78 is 0. The average Bonchev–Trinajstić information content (AvgIpc) is 2.26. The molecule has 0 saturated heterocycles. The molecule has 0 aliphatic carbocycles. The van der Waals surface area contributed by atoms with Gasteiger partial charge >= 0.3 is 0 Å². The molecule has 0 heterocycles. The highest BCUT2D eigenvalue weighted by Crippen LogP contribution is 2.35. The quantitative estimate of drug-likeness (QED) is 0.525. The molecule has 2 atom stereocenters. The van der Waals surface area contributed by atoms with Crippen molar-refractivity contribution in [3.63, 3.8) is 0 Å². The number of hydrogen-bond donors (Lipinski definition) is 0. The van der Waals surface area contributed by atoms with Gasteiger partial charge in [-0.1, -0.05) is 59.1 Å². The zero-order valence-electron chi connectivity index (χ0n) is 12.9. The second kappa shape index (κ2) is 8.74. The number of rotatable bonds is 9. The van der Waals surface area contributed by atoms with E-state index >= 15 is 0 Å². The minimum atomic E-state index is 0.370. The van der Waals surface area contributed by atoms with E-state index in [1.807, 2.05) is 0 Å². The maximum atomic E-state index is 2.49. The summed E-state index contributed by atoms with van der Waals surface area (Å²) in [6.45, 7) is 10.5. The minimum absolute atomic E-state index is 0.370. The van der Waals surface area contributed by atoms with Gasteiger partial charge in [-0.25, -0.2) is 0 Å². The highest BCUT2D eigenvalue weighted by Gasteiger charge is 2.27. The maximum Gasteiger partial charge on any atom is 0.000911 e. The summed E-state index contributed by atoms with van der Waals surface area (Å²) in [5.74, 6) is 0.720. The Hall–Kier alpha value is -0.300. The van der Waals surface area contributed by atoms with Gasteiger partial charge in [0.1, 0.15) is 0 Å². The first kappa shape index (κ1) is 16.7. The molecule has 0 aromatic rings. The second-order valence-electron chi connectivity index (χ2n) is 5.96. The molecule has 0 aliphatic rings. The first-order chi connectivity index (χ1) is 7.96. The average molecular weight is 239 g/mol. The van der Waals surface area contributed by atoms with Gasteiger partial charge in [0.05, 0.1) is 0 Å². The highest BCUT2D eigenvalue weighted by atomic mass is 15.1. The predicted octanol–water partition coefficient (Wildman–Crippen LogP) is 4.74. The van der Waals surface area contributed by atoms with Crippen LogP contribution in [0.1, 0.15) is 59.8 Å². The molecule has 0 N–H and O–H groups in total. The summed E-state index contributed by atoms with van der Waals surface area (Å²) in [6, 6.07) is 0. The van der Waals surface area contributed by atoms with E-state index in [2.05, 4.69) is 58.8 Å². The molecule has 0 rings (SSSR count). The lowest BCUT2D eigenvalue weighted by molar-refractivity contribution is 0.195. The van der Waals surface area contributed by atoms with Crippen molar-refractivity contribution < 1.29 is 0 Å².